The van der Waals surface area contributed by atoms with Crippen LogP contribution in [0, 0.1) is 0 Å². The molecule has 0 aliphatic heterocycles. The van der Waals surface area contributed by atoms with Gasteiger partial charge in [0.2, 0.25) is 0 Å². The molecule has 0 fully saturated rings. The van der Waals surface area contributed by atoms with Crippen molar-refractivity contribution in [1.82, 2.24) is 4.98 Å². The smallest absolute Gasteiger partial charge is 0.0791 e. The van der Waals surface area contributed by atoms with Crippen LogP contribution in [0.2, 0.25) is 0 Å². The summed E-state index contributed by atoms with van der Waals surface area (Å²) < 4.78 is 1.06. The van der Waals surface area contributed by atoms with Gasteiger partial charge in [0.1, 0.15) is 0 Å². The second-order valence-electron chi connectivity index (χ2n) is 4.25. The minimum Gasteiger partial charge on any atom is -0.256 e. The lowest BCUT2D eigenvalue weighted by Crippen LogP contribution is -1.90. The maximum absolute atomic E-state index is 4.56. The number of rotatable bonds is 2. The largest absolute Gasteiger partial charge is 0.256 e. The summed E-state index contributed by atoms with van der Waals surface area (Å²) in [6.45, 7) is 0. The van der Waals surface area contributed by atoms with Gasteiger partial charge < -0.3 is 0 Å². The second-order valence-corrected chi connectivity index (χ2v) is 5.10. The highest BCUT2D eigenvalue weighted by Crippen LogP contribution is 2.35. The fourth-order valence-electron chi connectivity index (χ4n) is 2.13. The molecule has 2 heteroatoms. The first-order chi connectivity index (χ1) is 9.36. The third kappa shape index (κ3) is 2.45. The van der Waals surface area contributed by atoms with Crippen molar-refractivity contribution in [3.63, 3.8) is 0 Å². The number of halogens is 1. The van der Waals surface area contributed by atoms with E-state index in [1.807, 2.05) is 48.7 Å². The Morgan fingerprint density at radius 3 is 1.89 bits per heavy atom. The number of benzene rings is 2. The maximum Gasteiger partial charge on any atom is 0.0791 e. The van der Waals surface area contributed by atoms with Crippen molar-refractivity contribution >= 4 is 15.9 Å². The van der Waals surface area contributed by atoms with Crippen LogP contribution in [0.3, 0.4) is 0 Å². The zero-order valence-electron chi connectivity index (χ0n) is 10.3. The minimum absolute atomic E-state index is 1.00. The normalized spacial score (nSPS) is 10.4. The predicted octanol–water partition coefficient (Wildman–Crippen LogP) is 5.18. The van der Waals surface area contributed by atoms with Gasteiger partial charge in [-0.25, -0.2) is 0 Å². The second kappa shape index (κ2) is 5.37. The summed E-state index contributed by atoms with van der Waals surface area (Å²) in [6, 6.07) is 22.6. The summed E-state index contributed by atoms with van der Waals surface area (Å²) in [6.07, 6.45) is 1.83. The van der Waals surface area contributed by atoms with Crippen LogP contribution in [-0.2, 0) is 0 Å². The van der Waals surface area contributed by atoms with E-state index in [0.29, 0.717) is 0 Å². The van der Waals surface area contributed by atoms with E-state index in [2.05, 4.69) is 45.2 Å². The summed E-state index contributed by atoms with van der Waals surface area (Å²) in [5, 5.41) is 0. The molecule has 0 unspecified atom stereocenters. The van der Waals surface area contributed by atoms with Crippen LogP contribution in [0.4, 0.5) is 0 Å². The van der Waals surface area contributed by atoms with Crippen molar-refractivity contribution in [3.05, 3.63) is 77.4 Å². The number of nitrogens with zero attached hydrogens (tertiary/aromatic N) is 1. The Morgan fingerprint density at radius 2 is 1.26 bits per heavy atom. The van der Waals surface area contributed by atoms with E-state index in [9.17, 15) is 0 Å². The van der Waals surface area contributed by atoms with Gasteiger partial charge in [0.15, 0.2) is 0 Å². The summed E-state index contributed by atoms with van der Waals surface area (Å²) >= 11 is 3.64. The number of aromatic nitrogens is 1. The molecule has 1 aromatic heterocycles. The van der Waals surface area contributed by atoms with Crippen LogP contribution in [0.25, 0.3) is 22.4 Å². The van der Waals surface area contributed by atoms with Gasteiger partial charge in [-0.2, -0.15) is 0 Å². The van der Waals surface area contributed by atoms with E-state index in [1.54, 1.807) is 0 Å². The molecular formula is C17H12BrN. The van der Waals surface area contributed by atoms with E-state index in [4.69, 9.17) is 0 Å². The molecular weight excluding hydrogens is 298 g/mol. The Hall–Kier alpha value is -1.93. The molecule has 1 heterocycles. The van der Waals surface area contributed by atoms with Crippen LogP contribution in [0.5, 0.6) is 0 Å². The average molecular weight is 310 g/mol. The molecule has 2 aromatic carbocycles. The highest BCUT2D eigenvalue weighted by Gasteiger charge is 2.11. The number of hydrogen-bond acceptors (Lipinski definition) is 1. The monoisotopic (exact) mass is 309 g/mol. The molecule has 0 amide bonds. The summed E-state index contributed by atoms with van der Waals surface area (Å²) in [7, 11) is 0. The Labute approximate surface area is 121 Å². The van der Waals surface area contributed by atoms with E-state index in [1.165, 1.54) is 5.56 Å². The van der Waals surface area contributed by atoms with E-state index in [-0.39, 0.29) is 0 Å². The third-order valence-electron chi connectivity index (χ3n) is 3.01. The first kappa shape index (κ1) is 12.1. The summed E-state index contributed by atoms with van der Waals surface area (Å²) in [5.41, 5.74) is 4.43. The predicted molar refractivity (Wildman–Crippen MR) is 82.8 cm³/mol. The molecule has 0 saturated carbocycles. The highest BCUT2D eigenvalue weighted by molar-refractivity contribution is 9.10. The Kier molecular flexibility index (Phi) is 3.43. The van der Waals surface area contributed by atoms with Gasteiger partial charge in [-0.1, -0.05) is 76.6 Å². The van der Waals surface area contributed by atoms with Gasteiger partial charge in [-0.15, -0.1) is 0 Å². The molecule has 0 N–H and O–H groups in total. The van der Waals surface area contributed by atoms with E-state index in [0.717, 1.165) is 21.3 Å². The van der Waals surface area contributed by atoms with E-state index < -0.39 is 0 Å². The lowest BCUT2D eigenvalue weighted by atomic mass is 9.99. The van der Waals surface area contributed by atoms with Crippen LogP contribution in [0.1, 0.15) is 0 Å². The SMILES string of the molecule is Brc1ccnc(-c2ccccc2)c1-c1ccccc1. The highest BCUT2D eigenvalue weighted by atomic mass is 79.9. The fraction of sp³-hybridized carbons (Fsp3) is 0. The average Bonchev–Trinajstić information content (AvgIpc) is 2.49. The minimum atomic E-state index is 1.00. The Bertz CT molecular complexity index is 678. The topological polar surface area (TPSA) is 12.9 Å². The van der Waals surface area contributed by atoms with Crippen LogP contribution in [0.15, 0.2) is 77.4 Å². The molecule has 0 atom stereocenters. The molecule has 0 spiro atoms. The molecule has 0 saturated heterocycles. The number of hydrogen-bond donors (Lipinski definition) is 0. The molecule has 0 aliphatic carbocycles. The van der Waals surface area contributed by atoms with Gasteiger partial charge in [0.05, 0.1) is 5.69 Å². The van der Waals surface area contributed by atoms with Gasteiger partial charge in [-0.05, 0) is 11.6 Å². The Morgan fingerprint density at radius 1 is 0.684 bits per heavy atom. The van der Waals surface area contributed by atoms with Gasteiger partial charge in [0, 0.05) is 21.8 Å². The summed E-state index contributed by atoms with van der Waals surface area (Å²) in [5.74, 6) is 0. The third-order valence-corrected chi connectivity index (χ3v) is 3.67. The molecule has 19 heavy (non-hydrogen) atoms. The molecule has 0 aliphatic rings. The lowest BCUT2D eigenvalue weighted by molar-refractivity contribution is 1.31. The van der Waals surface area contributed by atoms with Crippen molar-refractivity contribution in [2.75, 3.05) is 0 Å². The van der Waals surface area contributed by atoms with Crippen molar-refractivity contribution in [3.8, 4) is 22.4 Å². The fourth-order valence-corrected chi connectivity index (χ4v) is 2.67. The molecule has 3 rings (SSSR count). The molecule has 0 bridgehead atoms. The van der Waals surface area contributed by atoms with Crippen molar-refractivity contribution in [2.45, 2.75) is 0 Å². The first-order valence-corrected chi connectivity index (χ1v) is 6.91. The van der Waals surface area contributed by atoms with E-state index >= 15 is 0 Å². The zero-order valence-corrected chi connectivity index (χ0v) is 11.8. The first-order valence-electron chi connectivity index (χ1n) is 6.11. The lowest BCUT2D eigenvalue weighted by Gasteiger charge is -2.11. The Balaban J connectivity index is 2.25. The van der Waals surface area contributed by atoms with Gasteiger partial charge in [-0.3, -0.25) is 4.98 Å². The summed E-state index contributed by atoms with van der Waals surface area (Å²) in [4.78, 5) is 4.56. The van der Waals surface area contributed by atoms with Crippen LogP contribution >= 0.6 is 15.9 Å². The molecule has 1 nitrogen and oxygen atoms in total. The van der Waals surface area contributed by atoms with Crippen molar-refractivity contribution in [2.24, 2.45) is 0 Å². The standard InChI is InChI=1S/C17H12BrN/c18-15-11-12-19-17(14-9-5-2-6-10-14)16(15)13-7-3-1-4-8-13/h1-12H. The molecule has 92 valence electrons. The van der Waals surface area contributed by atoms with Crippen molar-refractivity contribution < 1.29 is 0 Å². The van der Waals surface area contributed by atoms with Crippen LogP contribution < -0.4 is 0 Å². The maximum atomic E-state index is 4.56. The number of pyridine rings is 1. The van der Waals surface area contributed by atoms with Gasteiger partial charge >= 0.3 is 0 Å². The van der Waals surface area contributed by atoms with Gasteiger partial charge in [0.25, 0.3) is 0 Å². The van der Waals surface area contributed by atoms with Crippen molar-refractivity contribution in [1.29, 1.82) is 0 Å². The van der Waals surface area contributed by atoms with Crippen LogP contribution in [-0.4, -0.2) is 4.98 Å². The zero-order chi connectivity index (χ0) is 13.1. The molecule has 0 radical (unpaired) electrons. The quantitative estimate of drug-likeness (QED) is 0.635. The molecule has 3 aromatic rings.